The van der Waals surface area contributed by atoms with Crippen molar-refractivity contribution in [1.82, 2.24) is 19.9 Å². The Labute approximate surface area is 326 Å². The highest BCUT2D eigenvalue weighted by atomic mass is 35.5. The average molecular weight is 789 g/mol. The molecule has 2 amide bonds. The van der Waals surface area contributed by atoms with Gasteiger partial charge in [0, 0.05) is 36.9 Å². The number of methoxy groups -OCH3 is 2. The third kappa shape index (κ3) is 8.88. The van der Waals surface area contributed by atoms with Crippen LogP contribution in [-0.4, -0.2) is 88.8 Å². The summed E-state index contributed by atoms with van der Waals surface area (Å²) < 4.78 is 11.4. The minimum absolute atomic E-state index is 0.0346. The van der Waals surface area contributed by atoms with Gasteiger partial charge >= 0.3 is 11.9 Å². The van der Waals surface area contributed by atoms with Crippen LogP contribution >= 0.6 is 23.2 Å². The molecule has 2 aromatic carbocycles. The Kier molecular flexibility index (Phi) is 11.7. The molecular weight excluding hydrogens is 751 g/mol. The number of nitrogens with zero attached hydrogens (tertiary/aromatic N) is 9. The van der Waals surface area contributed by atoms with Crippen LogP contribution in [-0.2, 0) is 24.3 Å². The number of nitro groups is 1. The van der Waals surface area contributed by atoms with Gasteiger partial charge in [0.2, 0.25) is 5.95 Å². The lowest BCUT2D eigenvalue weighted by Gasteiger charge is -2.37. The van der Waals surface area contributed by atoms with E-state index in [1.165, 1.54) is 36.4 Å². The van der Waals surface area contributed by atoms with Gasteiger partial charge in [-0.3, -0.25) is 14.6 Å². The monoisotopic (exact) mass is 787 g/mol. The summed E-state index contributed by atoms with van der Waals surface area (Å²) in [5.41, 5.74) is 2.92. The number of carbonyl (C=O) groups is 2. The lowest BCUT2D eigenvalue weighted by molar-refractivity contribution is -0.880. The van der Waals surface area contributed by atoms with Gasteiger partial charge in [0.1, 0.15) is 52.3 Å². The van der Waals surface area contributed by atoms with Crippen molar-refractivity contribution in [2.75, 3.05) is 56.5 Å². The lowest BCUT2D eigenvalue weighted by atomic mass is 10.0. The Morgan fingerprint density at radius 3 is 2.53 bits per heavy atom. The minimum atomic E-state index is -0.478. The molecule has 0 radical (unpaired) electrons. The highest BCUT2D eigenvalue weighted by Crippen LogP contribution is 2.48. The number of allylic oxidation sites excluding steroid dienone is 1. The smallest absolute Gasteiger partial charge is 0.368 e. The molecule has 16 nitrogen and oxygen atoms in total. The summed E-state index contributed by atoms with van der Waals surface area (Å²) in [5.74, 6) is 1.33. The minimum Gasteiger partial charge on any atom is -0.495 e. The first-order valence-electron chi connectivity index (χ1n) is 16.9. The number of carbonyl (C=O) groups excluding carboxylic acids is 2. The molecule has 0 saturated heterocycles. The molecule has 4 heterocycles. The number of aliphatic imine (C=N–C) groups is 1. The number of urea groups is 1. The van der Waals surface area contributed by atoms with Crippen LogP contribution in [0.4, 0.5) is 28.1 Å². The van der Waals surface area contributed by atoms with Crippen molar-refractivity contribution in [1.29, 1.82) is 0 Å². The Hall–Kier alpha value is -5.97. The summed E-state index contributed by atoms with van der Waals surface area (Å²) in [6.07, 6.45) is 9.98. The van der Waals surface area contributed by atoms with E-state index in [9.17, 15) is 19.7 Å². The molecule has 0 saturated carbocycles. The maximum absolute atomic E-state index is 14.5. The van der Waals surface area contributed by atoms with Gasteiger partial charge in [0.25, 0.3) is 0 Å². The van der Waals surface area contributed by atoms with Crippen LogP contribution < -0.4 is 24.6 Å². The van der Waals surface area contributed by atoms with Crippen molar-refractivity contribution in [3.8, 4) is 11.5 Å². The molecule has 0 spiro atoms. The number of anilines is 4. The average Bonchev–Trinajstić information content (AvgIpc) is 3.62. The molecule has 1 N–H and O–H groups in total. The zero-order chi connectivity index (χ0) is 39.3. The van der Waals surface area contributed by atoms with Gasteiger partial charge < -0.3 is 29.4 Å². The first-order chi connectivity index (χ1) is 26.4. The number of hydrogen-bond acceptors (Lipinski definition) is 12. The topological polar surface area (TPSA) is 178 Å². The molecular formula is C37H37Cl2N10O6+. The number of amides is 2. The van der Waals surface area contributed by atoms with Crippen molar-refractivity contribution in [3.05, 3.63) is 116 Å². The Morgan fingerprint density at radius 2 is 1.84 bits per heavy atom. The highest BCUT2D eigenvalue weighted by Gasteiger charge is 2.37. The van der Waals surface area contributed by atoms with Gasteiger partial charge in [-0.1, -0.05) is 52.5 Å². The van der Waals surface area contributed by atoms with E-state index in [0.29, 0.717) is 46.8 Å². The zero-order valence-corrected chi connectivity index (χ0v) is 31.9. The normalized spacial score (nSPS) is 14.1. The van der Waals surface area contributed by atoms with Crippen LogP contribution in [0.25, 0.3) is 0 Å². The number of benzene rings is 2. The predicted octanol–water partition coefficient (Wildman–Crippen LogP) is 6.19. The number of aromatic nitrogens is 4. The summed E-state index contributed by atoms with van der Waals surface area (Å²) in [4.78, 5) is 62.6. The first kappa shape index (κ1) is 38.7. The first-order valence-corrected chi connectivity index (χ1v) is 17.7. The largest absolute Gasteiger partial charge is 0.495 e. The molecule has 6 rings (SSSR count). The number of halogens is 2. The third-order valence-corrected chi connectivity index (χ3v) is 9.53. The number of hydrogen-bond donors (Lipinski definition) is 1. The molecule has 0 fully saturated rings. The number of ketones is 1. The van der Waals surface area contributed by atoms with Crippen LogP contribution in [0.15, 0.2) is 83.7 Å². The molecule has 0 unspecified atom stereocenters. The van der Waals surface area contributed by atoms with Gasteiger partial charge in [0.05, 0.1) is 59.2 Å². The number of ether oxygens (including phenoxy) is 2. The fourth-order valence-corrected chi connectivity index (χ4v) is 6.96. The van der Waals surface area contributed by atoms with Crippen LogP contribution in [0.1, 0.15) is 23.1 Å². The van der Waals surface area contributed by atoms with Crippen LogP contribution in [0.2, 0.25) is 10.0 Å². The zero-order valence-electron chi connectivity index (χ0n) is 30.4. The third-order valence-electron chi connectivity index (χ3n) is 8.80. The maximum Gasteiger partial charge on any atom is 0.368 e. The van der Waals surface area contributed by atoms with Gasteiger partial charge in [-0.05, 0) is 34.3 Å². The molecule has 0 atom stereocenters. The molecule has 0 bridgehead atoms. The molecule has 18 heteroatoms. The number of rotatable bonds is 15. The Bertz CT molecular complexity index is 2200. The second-order valence-corrected chi connectivity index (χ2v) is 14.1. The van der Waals surface area contributed by atoms with Gasteiger partial charge in [-0.2, -0.15) is 4.98 Å². The number of nitrogens with one attached hydrogen (secondary N) is 1. The summed E-state index contributed by atoms with van der Waals surface area (Å²) in [6.45, 7) is 1.01. The van der Waals surface area contributed by atoms with E-state index in [2.05, 4.69) is 25.3 Å². The van der Waals surface area contributed by atoms with Crippen LogP contribution in [0.3, 0.4) is 0 Å². The molecule has 2 aliphatic rings. The number of fused-ring (bicyclic) bond motifs is 1. The van der Waals surface area contributed by atoms with Crippen molar-refractivity contribution >= 4 is 64.5 Å². The summed E-state index contributed by atoms with van der Waals surface area (Å²) in [6, 6.07) is 10.1. The number of quaternary nitrogens is 1. The predicted molar refractivity (Wildman–Crippen MR) is 208 cm³/mol. The summed E-state index contributed by atoms with van der Waals surface area (Å²) >= 11 is 13.6. The van der Waals surface area contributed by atoms with Gasteiger partial charge in [-0.25, -0.2) is 19.7 Å². The molecule has 2 aliphatic heterocycles. The fraction of sp³-hybridized carbons (Fsp3) is 0.270. The van der Waals surface area contributed by atoms with Crippen LogP contribution in [0.5, 0.6) is 11.5 Å². The quantitative estimate of drug-likeness (QED) is 0.0629. The van der Waals surface area contributed by atoms with Crippen molar-refractivity contribution in [2.24, 2.45) is 4.99 Å². The second kappa shape index (κ2) is 16.6. The van der Waals surface area contributed by atoms with Gasteiger partial charge in [-0.15, -0.1) is 0 Å². The molecule has 4 aromatic rings. The Morgan fingerprint density at radius 1 is 1.09 bits per heavy atom. The highest BCUT2D eigenvalue weighted by molar-refractivity contribution is 6.42. The van der Waals surface area contributed by atoms with E-state index in [1.54, 1.807) is 36.8 Å². The van der Waals surface area contributed by atoms with E-state index in [-0.39, 0.29) is 64.3 Å². The number of likely N-dealkylation sites (N-methyl/N-ethyl adjacent to an activating group) is 1. The molecule has 2 aromatic heterocycles. The van der Waals surface area contributed by atoms with E-state index in [4.69, 9.17) is 37.7 Å². The summed E-state index contributed by atoms with van der Waals surface area (Å²) in [5, 5.41) is 14.6. The van der Waals surface area contributed by atoms with E-state index >= 15 is 0 Å². The molecule has 284 valence electrons. The maximum atomic E-state index is 14.5. The van der Waals surface area contributed by atoms with E-state index in [1.807, 2.05) is 38.4 Å². The van der Waals surface area contributed by atoms with Crippen molar-refractivity contribution < 1.29 is 28.5 Å². The Balaban J connectivity index is 1.24. The molecule has 0 aliphatic carbocycles. The van der Waals surface area contributed by atoms with Gasteiger partial charge in [0.15, 0.2) is 5.78 Å². The fourth-order valence-electron chi connectivity index (χ4n) is 6.25. The standard InChI is InChI=1S/C37H37Cl2N10O6/c1-49(2,21-25-10-13-41-34(25)48(52)53)14-6-9-27(50)16-23-7-5-8-24(15-23)19-47-35-26(18-42-36(45-35)44-30-11-12-40-22-43-30)20-46(37(47)51)33-31(38)28(54-3)17-29(55-4)32(33)39/h5-9,11-13,15,17-18,22H,10,14,16,19-21H2,1-4H3,(H,40,42,43,44,45)/q+1/b9-6+. The van der Waals surface area contributed by atoms with Crippen LogP contribution in [0, 0.1) is 10.1 Å². The van der Waals surface area contributed by atoms with E-state index < -0.39 is 11.0 Å². The molecule has 55 heavy (non-hydrogen) atoms. The second-order valence-electron chi connectivity index (χ2n) is 13.3. The van der Waals surface area contributed by atoms with E-state index in [0.717, 1.165) is 11.1 Å². The summed E-state index contributed by atoms with van der Waals surface area (Å²) in [7, 11) is 6.78. The van der Waals surface area contributed by atoms with Crippen molar-refractivity contribution in [2.45, 2.75) is 25.9 Å². The SMILES string of the molecule is COc1cc(OC)c(Cl)c(N2Cc3cnc(Nc4ccncn4)nc3N(Cc3cccc(CC(=O)/C=C/C[N+](C)(C)CC4=C([N+](=O)[O-])N=CC4)c3)C2=O)c1Cl. The van der Waals surface area contributed by atoms with Crippen molar-refractivity contribution in [3.63, 3.8) is 0 Å². The lowest BCUT2D eigenvalue weighted by Crippen LogP contribution is -2.48.